The van der Waals surface area contributed by atoms with Crippen LogP contribution >= 0.6 is 24.0 Å². The topological polar surface area (TPSA) is 46.1 Å². The van der Waals surface area contributed by atoms with Crippen molar-refractivity contribution in [1.82, 2.24) is 10.2 Å². The molecule has 6 heteroatoms. The molecule has 1 aromatic rings. The van der Waals surface area contributed by atoms with Gasteiger partial charge in [0.05, 0.1) is 14.2 Å². The molecule has 1 aromatic carbocycles. The van der Waals surface area contributed by atoms with Crippen LogP contribution in [0.4, 0.5) is 0 Å². The zero-order valence-electron chi connectivity index (χ0n) is 15.8. The second-order valence-electron chi connectivity index (χ2n) is 7.08. The number of hydrogen-bond donors (Lipinski definition) is 1. The number of likely N-dealkylation sites (tertiary alicyclic amines) is 1. The van der Waals surface area contributed by atoms with Crippen LogP contribution in [0.15, 0.2) is 23.2 Å². The Labute approximate surface area is 162 Å². The van der Waals surface area contributed by atoms with Crippen molar-refractivity contribution < 1.29 is 9.47 Å². The minimum absolute atomic E-state index is 0. The van der Waals surface area contributed by atoms with E-state index < -0.39 is 0 Å². The fourth-order valence-corrected chi connectivity index (χ4v) is 2.96. The fraction of sp³-hybridized carbons (Fsp3) is 0.611. The zero-order chi connectivity index (χ0) is 17.3. The van der Waals surface area contributed by atoms with Crippen LogP contribution in [0.25, 0.3) is 0 Å². The molecule has 136 valence electrons. The van der Waals surface area contributed by atoms with Crippen LogP contribution in [0.1, 0.15) is 33.3 Å². The van der Waals surface area contributed by atoms with Crippen molar-refractivity contribution in [3.05, 3.63) is 23.8 Å². The van der Waals surface area contributed by atoms with E-state index in [0.717, 1.165) is 29.6 Å². The van der Waals surface area contributed by atoms with E-state index in [1.54, 1.807) is 14.2 Å². The maximum atomic E-state index is 5.49. The summed E-state index contributed by atoms with van der Waals surface area (Å²) in [6.45, 7) is 10.7. The van der Waals surface area contributed by atoms with Crippen molar-refractivity contribution in [2.24, 2.45) is 10.4 Å². The number of methoxy groups -OCH3 is 2. The molecule has 0 saturated carbocycles. The summed E-state index contributed by atoms with van der Waals surface area (Å²) in [5, 5.41) is 3.45. The molecule has 0 aromatic heterocycles. The molecule has 0 amide bonds. The standard InChI is InChI=1S/C18H29N3O2.HI/c1-17(2)12-21(18(17,3)4)16(19-5)20-11-13-9-8-10-14(22-6)15(13)23-7;/h8-10H,11-12H2,1-7H3,(H,19,20);1H. The summed E-state index contributed by atoms with van der Waals surface area (Å²) in [5.74, 6) is 2.42. The molecule has 1 N–H and O–H groups in total. The Morgan fingerprint density at radius 3 is 2.33 bits per heavy atom. The van der Waals surface area contributed by atoms with E-state index in [1.165, 1.54) is 0 Å². The first kappa shape index (κ1) is 20.9. The first-order valence-electron chi connectivity index (χ1n) is 7.96. The molecule has 5 nitrogen and oxygen atoms in total. The van der Waals surface area contributed by atoms with Gasteiger partial charge in [0.25, 0.3) is 0 Å². The molecule has 0 unspecified atom stereocenters. The van der Waals surface area contributed by atoms with E-state index in [1.807, 2.05) is 25.2 Å². The molecule has 1 aliphatic heterocycles. The van der Waals surface area contributed by atoms with Gasteiger partial charge in [-0.15, -0.1) is 24.0 Å². The van der Waals surface area contributed by atoms with Crippen LogP contribution in [-0.4, -0.2) is 44.2 Å². The third-order valence-electron chi connectivity index (χ3n) is 5.27. The number of halogens is 1. The molecule has 0 spiro atoms. The highest BCUT2D eigenvalue weighted by molar-refractivity contribution is 14.0. The van der Waals surface area contributed by atoms with E-state index >= 15 is 0 Å². The number of nitrogens with zero attached hydrogens (tertiary/aromatic N) is 2. The molecule has 24 heavy (non-hydrogen) atoms. The van der Waals surface area contributed by atoms with Gasteiger partial charge in [0.15, 0.2) is 17.5 Å². The van der Waals surface area contributed by atoms with E-state index in [0.29, 0.717) is 6.54 Å². The van der Waals surface area contributed by atoms with Crippen LogP contribution in [-0.2, 0) is 6.54 Å². The molecule has 0 bridgehead atoms. The van der Waals surface area contributed by atoms with Crippen LogP contribution in [0, 0.1) is 5.41 Å². The predicted octanol–water partition coefficient (Wildman–Crippen LogP) is 3.52. The highest BCUT2D eigenvalue weighted by Crippen LogP contribution is 2.46. The van der Waals surface area contributed by atoms with Gasteiger partial charge in [-0.3, -0.25) is 4.99 Å². The Morgan fingerprint density at radius 1 is 1.21 bits per heavy atom. The monoisotopic (exact) mass is 447 g/mol. The predicted molar refractivity (Wildman–Crippen MR) is 110 cm³/mol. The molecular formula is C18H30IN3O2. The molecule has 1 fully saturated rings. The number of guanidine groups is 1. The molecule has 1 heterocycles. The Balaban J connectivity index is 0.00000288. The lowest BCUT2D eigenvalue weighted by Crippen LogP contribution is -2.72. The van der Waals surface area contributed by atoms with Crippen molar-refractivity contribution in [2.45, 2.75) is 39.8 Å². The van der Waals surface area contributed by atoms with E-state index in [4.69, 9.17) is 9.47 Å². The van der Waals surface area contributed by atoms with Gasteiger partial charge >= 0.3 is 0 Å². The number of aliphatic imine (C=N–C) groups is 1. The maximum Gasteiger partial charge on any atom is 0.194 e. The van der Waals surface area contributed by atoms with Crippen molar-refractivity contribution in [3.63, 3.8) is 0 Å². The second kappa shape index (κ2) is 7.80. The van der Waals surface area contributed by atoms with Gasteiger partial charge in [-0.25, -0.2) is 0 Å². The normalized spacial score (nSPS) is 18.3. The van der Waals surface area contributed by atoms with Crippen LogP contribution in [0.3, 0.4) is 0 Å². The SMILES string of the molecule is CN=C(NCc1cccc(OC)c1OC)N1CC(C)(C)C1(C)C.I. The Bertz CT molecular complexity index is 600. The number of nitrogens with one attached hydrogen (secondary N) is 1. The summed E-state index contributed by atoms with van der Waals surface area (Å²) >= 11 is 0. The summed E-state index contributed by atoms with van der Waals surface area (Å²) in [6.07, 6.45) is 0. The molecule has 0 aliphatic carbocycles. The van der Waals surface area contributed by atoms with E-state index in [-0.39, 0.29) is 34.9 Å². The summed E-state index contributed by atoms with van der Waals surface area (Å²) in [7, 11) is 5.14. The Hall–Kier alpha value is -1.18. The van der Waals surface area contributed by atoms with Gasteiger partial charge < -0.3 is 19.7 Å². The van der Waals surface area contributed by atoms with Gasteiger partial charge in [0, 0.05) is 36.7 Å². The first-order valence-corrected chi connectivity index (χ1v) is 7.96. The number of benzene rings is 1. The maximum absolute atomic E-state index is 5.49. The fourth-order valence-electron chi connectivity index (χ4n) is 2.96. The number of rotatable bonds is 4. The van der Waals surface area contributed by atoms with Gasteiger partial charge in [0.1, 0.15) is 0 Å². The van der Waals surface area contributed by atoms with Crippen molar-refractivity contribution in [1.29, 1.82) is 0 Å². The first-order chi connectivity index (χ1) is 10.8. The largest absolute Gasteiger partial charge is 0.493 e. The van der Waals surface area contributed by atoms with Gasteiger partial charge in [-0.05, 0) is 19.9 Å². The van der Waals surface area contributed by atoms with Crippen LogP contribution in [0.5, 0.6) is 11.5 Å². The highest BCUT2D eigenvalue weighted by atomic mass is 127. The van der Waals surface area contributed by atoms with Gasteiger partial charge in [0.2, 0.25) is 0 Å². The Morgan fingerprint density at radius 2 is 1.88 bits per heavy atom. The second-order valence-corrected chi connectivity index (χ2v) is 7.08. The van der Waals surface area contributed by atoms with Gasteiger partial charge in [-0.1, -0.05) is 26.0 Å². The smallest absolute Gasteiger partial charge is 0.194 e. The van der Waals surface area contributed by atoms with Gasteiger partial charge in [-0.2, -0.15) is 0 Å². The van der Waals surface area contributed by atoms with E-state index in [2.05, 4.69) is 42.9 Å². The highest BCUT2D eigenvalue weighted by Gasteiger charge is 2.53. The molecule has 1 saturated heterocycles. The molecule has 0 atom stereocenters. The lowest BCUT2D eigenvalue weighted by Gasteiger charge is -2.62. The lowest BCUT2D eigenvalue weighted by molar-refractivity contribution is -0.0668. The van der Waals surface area contributed by atoms with E-state index in [9.17, 15) is 0 Å². The molecule has 0 radical (unpaired) electrons. The summed E-state index contributed by atoms with van der Waals surface area (Å²) in [5.41, 5.74) is 1.40. The molecular weight excluding hydrogens is 417 g/mol. The Kier molecular flexibility index (Phi) is 6.78. The van der Waals surface area contributed by atoms with Crippen molar-refractivity contribution in [3.8, 4) is 11.5 Å². The zero-order valence-corrected chi connectivity index (χ0v) is 18.1. The average molecular weight is 447 g/mol. The van der Waals surface area contributed by atoms with Crippen LogP contribution < -0.4 is 14.8 Å². The summed E-state index contributed by atoms with van der Waals surface area (Å²) in [4.78, 5) is 6.76. The minimum atomic E-state index is 0. The lowest BCUT2D eigenvalue weighted by atomic mass is 9.65. The quantitative estimate of drug-likeness (QED) is 0.436. The van der Waals surface area contributed by atoms with Crippen LogP contribution in [0.2, 0.25) is 0 Å². The number of para-hydroxylation sites is 1. The third kappa shape index (κ3) is 3.58. The molecule has 2 rings (SSSR count). The minimum Gasteiger partial charge on any atom is -0.493 e. The van der Waals surface area contributed by atoms with Crippen molar-refractivity contribution >= 4 is 29.9 Å². The van der Waals surface area contributed by atoms with Crippen molar-refractivity contribution in [2.75, 3.05) is 27.8 Å². The number of hydrogen-bond acceptors (Lipinski definition) is 3. The third-order valence-corrected chi connectivity index (χ3v) is 5.27. The number of ether oxygens (including phenoxy) is 2. The summed E-state index contributed by atoms with van der Waals surface area (Å²) in [6, 6.07) is 5.91. The molecule has 1 aliphatic rings. The average Bonchev–Trinajstić information content (AvgIpc) is 2.53. The summed E-state index contributed by atoms with van der Waals surface area (Å²) < 4.78 is 10.8.